The van der Waals surface area contributed by atoms with Gasteiger partial charge in [0, 0.05) is 13.6 Å². The molecule has 1 aromatic carbocycles. The van der Waals surface area contributed by atoms with Gasteiger partial charge in [0.25, 0.3) is 5.91 Å². The molecule has 1 aliphatic rings. The number of aliphatic hydroxyl groups is 1. The molecule has 1 atom stereocenters. The van der Waals surface area contributed by atoms with Crippen LogP contribution in [0.1, 0.15) is 23.3 Å². The van der Waals surface area contributed by atoms with Crippen molar-refractivity contribution in [3.8, 4) is 5.69 Å². The second-order valence-corrected chi connectivity index (χ2v) is 5.47. The van der Waals surface area contributed by atoms with E-state index in [1.54, 1.807) is 17.9 Å². The van der Waals surface area contributed by atoms with E-state index in [0.717, 1.165) is 18.5 Å². The minimum Gasteiger partial charge on any atom is -0.391 e. The predicted molar refractivity (Wildman–Crippen MR) is 77.1 cm³/mol. The molecular weight excluding hydrogens is 268 g/mol. The molecule has 110 valence electrons. The van der Waals surface area contributed by atoms with Gasteiger partial charge < -0.3 is 10.0 Å². The van der Waals surface area contributed by atoms with Crippen LogP contribution in [-0.4, -0.2) is 50.6 Å². The SMILES string of the molecule is CN(CC(O)C1CC1)C(=O)c1cn(-c2ccccc2)nn1. The monoisotopic (exact) mass is 286 g/mol. The summed E-state index contributed by atoms with van der Waals surface area (Å²) in [5, 5.41) is 17.8. The molecule has 6 nitrogen and oxygen atoms in total. The van der Waals surface area contributed by atoms with Gasteiger partial charge in [-0.05, 0) is 30.9 Å². The maximum absolute atomic E-state index is 12.3. The Morgan fingerprint density at radius 1 is 1.43 bits per heavy atom. The number of hydrogen-bond donors (Lipinski definition) is 1. The van der Waals surface area contributed by atoms with E-state index in [-0.39, 0.29) is 11.6 Å². The van der Waals surface area contributed by atoms with Gasteiger partial charge in [0.15, 0.2) is 5.69 Å². The number of hydrogen-bond acceptors (Lipinski definition) is 4. The van der Waals surface area contributed by atoms with E-state index in [4.69, 9.17) is 0 Å². The molecule has 0 bridgehead atoms. The van der Waals surface area contributed by atoms with Crippen molar-refractivity contribution < 1.29 is 9.90 Å². The number of benzene rings is 1. The number of nitrogens with zero attached hydrogens (tertiary/aromatic N) is 4. The Bertz CT molecular complexity index is 622. The van der Waals surface area contributed by atoms with E-state index in [1.165, 1.54) is 4.90 Å². The van der Waals surface area contributed by atoms with E-state index in [9.17, 15) is 9.90 Å². The van der Waals surface area contributed by atoms with E-state index < -0.39 is 6.10 Å². The van der Waals surface area contributed by atoms with Crippen molar-refractivity contribution in [1.82, 2.24) is 19.9 Å². The first-order chi connectivity index (χ1) is 10.1. The summed E-state index contributed by atoms with van der Waals surface area (Å²) in [6, 6.07) is 9.50. The lowest BCUT2D eigenvalue weighted by Crippen LogP contribution is -2.35. The van der Waals surface area contributed by atoms with Crippen molar-refractivity contribution in [2.24, 2.45) is 5.92 Å². The number of carbonyl (C=O) groups is 1. The summed E-state index contributed by atoms with van der Waals surface area (Å²) in [4.78, 5) is 13.8. The summed E-state index contributed by atoms with van der Waals surface area (Å²) in [6.45, 7) is 0.335. The third-order valence-electron chi connectivity index (χ3n) is 3.71. The smallest absolute Gasteiger partial charge is 0.275 e. The van der Waals surface area contributed by atoms with Gasteiger partial charge in [-0.2, -0.15) is 0 Å². The highest BCUT2D eigenvalue weighted by atomic mass is 16.3. The minimum absolute atomic E-state index is 0.225. The van der Waals surface area contributed by atoms with Gasteiger partial charge in [0.2, 0.25) is 0 Å². The molecule has 1 amide bonds. The molecule has 1 aliphatic carbocycles. The molecule has 0 aliphatic heterocycles. The number of para-hydroxylation sites is 1. The molecule has 1 aromatic heterocycles. The molecule has 0 spiro atoms. The van der Waals surface area contributed by atoms with Crippen molar-refractivity contribution in [3.05, 3.63) is 42.2 Å². The number of rotatable bonds is 5. The lowest BCUT2D eigenvalue weighted by molar-refractivity contribution is 0.0640. The quantitative estimate of drug-likeness (QED) is 0.894. The molecule has 0 radical (unpaired) electrons. The van der Waals surface area contributed by atoms with Crippen LogP contribution in [0.4, 0.5) is 0 Å². The Balaban J connectivity index is 1.68. The van der Waals surface area contributed by atoms with Crippen LogP contribution in [0, 0.1) is 5.92 Å². The van der Waals surface area contributed by atoms with Crippen molar-refractivity contribution in [2.75, 3.05) is 13.6 Å². The number of aliphatic hydroxyl groups excluding tert-OH is 1. The largest absolute Gasteiger partial charge is 0.391 e. The van der Waals surface area contributed by atoms with Crippen LogP contribution >= 0.6 is 0 Å². The standard InChI is InChI=1S/C15H18N4O2/c1-18(10-14(20)11-7-8-11)15(21)13-9-19(17-16-13)12-5-3-2-4-6-12/h2-6,9,11,14,20H,7-8,10H2,1H3. The number of aromatic nitrogens is 3. The first-order valence-electron chi connectivity index (χ1n) is 7.06. The third kappa shape index (κ3) is 3.11. The molecule has 1 heterocycles. The summed E-state index contributed by atoms with van der Waals surface area (Å²) < 4.78 is 1.57. The van der Waals surface area contributed by atoms with Gasteiger partial charge in [-0.15, -0.1) is 5.10 Å². The normalized spacial score (nSPS) is 15.7. The lowest BCUT2D eigenvalue weighted by atomic mass is 10.2. The molecule has 2 aromatic rings. The molecule has 1 N–H and O–H groups in total. The van der Waals surface area contributed by atoms with Crippen LogP contribution in [-0.2, 0) is 0 Å². The van der Waals surface area contributed by atoms with E-state index in [0.29, 0.717) is 12.5 Å². The number of carbonyl (C=O) groups excluding carboxylic acids is 1. The van der Waals surface area contributed by atoms with Crippen molar-refractivity contribution >= 4 is 5.91 Å². The Morgan fingerprint density at radius 3 is 2.81 bits per heavy atom. The third-order valence-corrected chi connectivity index (χ3v) is 3.71. The van der Waals surface area contributed by atoms with Crippen molar-refractivity contribution in [1.29, 1.82) is 0 Å². The maximum atomic E-state index is 12.3. The molecule has 6 heteroatoms. The van der Waals surface area contributed by atoms with E-state index >= 15 is 0 Å². The predicted octanol–water partition coefficient (Wildman–Crippen LogP) is 1.11. The van der Waals surface area contributed by atoms with Gasteiger partial charge in [0.1, 0.15) is 0 Å². The van der Waals surface area contributed by atoms with Crippen LogP contribution in [0.5, 0.6) is 0 Å². The molecule has 1 saturated carbocycles. The fraction of sp³-hybridized carbons (Fsp3) is 0.400. The fourth-order valence-electron chi connectivity index (χ4n) is 2.26. The molecule has 0 saturated heterocycles. The van der Waals surface area contributed by atoms with Gasteiger partial charge in [-0.1, -0.05) is 23.4 Å². The van der Waals surface area contributed by atoms with Crippen LogP contribution in [0.15, 0.2) is 36.5 Å². The van der Waals surface area contributed by atoms with Crippen LogP contribution in [0.2, 0.25) is 0 Å². The van der Waals surface area contributed by atoms with Gasteiger partial charge in [0.05, 0.1) is 18.0 Å². The fourth-order valence-corrected chi connectivity index (χ4v) is 2.26. The summed E-state index contributed by atoms with van der Waals surface area (Å²) >= 11 is 0. The highest BCUT2D eigenvalue weighted by Crippen LogP contribution is 2.32. The summed E-state index contributed by atoms with van der Waals surface area (Å²) in [6.07, 6.45) is 3.27. The Hall–Kier alpha value is -2.21. The average molecular weight is 286 g/mol. The highest BCUT2D eigenvalue weighted by Gasteiger charge is 2.31. The topological polar surface area (TPSA) is 71.2 Å². The average Bonchev–Trinajstić information content (AvgIpc) is 3.25. The van der Waals surface area contributed by atoms with Crippen molar-refractivity contribution in [3.63, 3.8) is 0 Å². The molecule has 1 unspecified atom stereocenters. The number of amides is 1. The Kier molecular flexibility index (Phi) is 3.70. The number of likely N-dealkylation sites (N-methyl/N-ethyl adjacent to an activating group) is 1. The molecule has 3 rings (SSSR count). The van der Waals surface area contributed by atoms with Crippen LogP contribution in [0.25, 0.3) is 5.69 Å². The first kappa shape index (κ1) is 13.8. The second kappa shape index (κ2) is 5.65. The summed E-state index contributed by atoms with van der Waals surface area (Å²) in [5.41, 5.74) is 1.13. The van der Waals surface area contributed by atoms with Gasteiger partial charge in [-0.3, -0.25) is 4.79 Å². The Labute approximate surface area is 123 Å². The minimum atomic E-state index is -0.442. The maximum Gasteiger partial charge on any atom is 0.275 e. The zero-order valence-corrected chi connectivity index (χ0v) is 11.9. The zero-order chi connectivity index (χ0) is 14.8. The van der Waals surface area contributed by atoms with Gasteiger partial charge in [-0.25, -0.2) is 4.68 Å². The lowest BCUT2D eigenvalue weighted by Gasteiger charge is -2.19. The van der Waals surface area contributed by atoms with Crippen molar-refractivity contribution in [2.45, 2.75) is 18.9 Å². The molecule has 1 fully saturated rings. The van der Waals surface area contributed by atoms with Crippen LogP contribution < -0.4 is 0 Å². The van der Waals surface area contributed by atoms with E-state index in [1.807, 2.05) is 30.3 Å². The highest BCUT2D eigenvalue weighted by molar-refractivity contribution is 5.91. The Morgan fingerprint density at radius 2 is 2.14 bits per heavy atom. The summed E-state index contributed by atoms with van der Waals surface area (Å²) in [7, 11) is 1.68. The zero-order valence-electron chi connectivity index (χ0n) is 11.9. The van der Waals surface area contributed by atoms with Gasteiger partial charge >= 0.3 is 0 Å². The second-order valence-electron chi connectivity index (χ2n) is 5.47. The first-order valence-corrected chi connectivity index (χ1v) is 7.06. The van der Waals surface area contributed by atoms with E-state index in [2.05, 4.69) is 10.3 Å². The molecule has 21 heavy (non-hydrogen) atoms. The summed E-state index contributed by atoms with van der Waals surface area (Å²) in [5.74, 6) is 0.122. The van der Waals surface area contributed by atoms with Crippen LogP contribution in [0.3, 0.4) is 0 Å². The molecular formula is C15H18N4O2.